The highest BCUT2D eigenvalue weighted by Gasteiger charge is 2.43. The molecule has 2 heterocycles. The molecule has 33 heavy (non-hydrogen) atoms. The van der Waals surface area contributed by atoms with E-state index in [1.54, 1.807) is 55.8 Å². The molecule has 2 aromatic carbocycles. The number of benzene rings is 2. The third-order valence-electron chi connectivity index (χ3n) is 6.57. The average Bonchev–Trinajstić information content (AvgIpc) is 2.99. The Hall–Kier alpha value is -2.36. The minimum Gasteiger partial charge on any atom is -0.326 e. The number of likely N-dealkylation sites (N-methyl/N-ethyl adjacent to an activating group) is 1. The highest BCUT2D eigenvalue weighted by Crippen LogP contribution is 2.42. The van der Waals surface area contributed by atoms with Crippen LogP contribution in [-0.4, -0.2) is 50.9 Å². The summed E-state index contributed by atoms with van der Waals surface area (Å²) >= 11 is 1.59. The van der Waals surface area contributed by atoms with Crippen LogP contribution in [-0.2, 0) is 25.0 Å². The van der Waals surface area contributed by atoms with Crippen LogP contribution in [0.15, 0.2) is 52.3 Å². The van der Waals surface area contributed by atoms with E-state index in [4.69, 9.17) is 0 Å². The normalized spacial score (nSPS) is 20.5. The van der Waals surface area contributed by atoms with Crippen molar-refractivity contribution in [3.63, 3.8) is 0 Å². The molecule has 7 nitrogen and oxygen atoms in total. The fourth-order valence-corrected chi connectivity index (χ4v) is 6.59. The maximum atomic E-state index is 13.5. The van der Waals surface area contributed by atoms with Gasteiger partial charge >= 0.3 is 0 Å². The van der Waals surface area contributed by atoms with Crippen LogP contribution in [0.3, 0.4) is 0 Å². The molecule has 2 aromatic rings. The van der Waals surface area contributed by atoms with E-state index in [-0.39, 0.29) is 23.3 Å². The molecule has 2 aliphatic rings. The lowest BCUT2D eigenvalue weighted by molar-refractivity contribution is -0.122. The molecule has 0 saturated carbocycles. The number of sulfonamides is 1. The zero-order valence-electron chi connectivity index (χ0n) is 19.3. The van der Waals surface area contributed by atoms with Crippen LogP contribution in [0.25, 0.3) is 0 Å². The lowest BCUT2D eigenvalue weighted by Crippen LogP contribution is -2.43. The smallest absolute Gasteiger partial charge is 0.243 e. The Morgan fingerprint density at radius 2 is 1.94 bits per heavy atom. The molecular formula is C24H29N3O4S2. The number of carbonyl (C=O) groups is 2. The quantitative estimate of drug-likeness (QED) is 0.650. The summed E-state index contributed by atoms with van der Waals surface area (Å²) in [5.41, 5.74) is 1.36. The first-order valence-corrected chi connectivity index (χ1v) is 13.6. The predicted molar refractivity (Wildman–Crippen MR) is 131 cm³/mol. The summed E-state index contributed by atoms with van der Waals surface area (Å²) in [6.45, 7) is 4.12. The van der Waals surface area contributed by atoms with Crippen LogP contribution in [0.1, 0.15) is 32.3 Å². The topological polar surface area (TPSA) is 86.8 Å². The van der Waals surface area contributed by atoms with E-state index >= 15 is 0 Å². The molecule has 176 valence electrons. The van der Waals surface area contributed by atoms with Crippen molar-refractivity contribution in [3.8, 4) is 0 Å². The van der Waals surface area contributed by atoms with Gasteiger partial charge in [-0.1, -0.05) is 6.07 Å². The molecule has 4 rings (SSSR count). The maximum Gasteiger partial charge on any atom is 0.243 e. The van der Waals surface area contributed by atoms with E-state index in [2.05, 4.69) is 5.32 Å². The number of amides is 2. The number of nitrogens with one attached hydrogen (secondary N) is 1. The second kappa shape index (κ2) is 8.77. The zero-order chi connectivity index (χ0) is 24.0. The molecule has 0 aromatic heterocycles. The van der Waals surface area contributed by atoms with Gasteiger partial charge in [0, 0.05) is 36.4 Å². The average molecular weight is 488 g/mol. The third kappa shape index (κ3) is 4.29. The molecule has 0 aliphatic carbocycles. The van der Waals surface area contributed by atoms with Crippen molar-refractivity contribution in [2.75, 3.05) is 36.6 Å². The molecule has 0 radical (unpaired) electrons. The van der Waals surface area contributed by atoms with Gasteiger partial charge in [-0.2, -0.15) is 4.31 Å². The Bertz CT molecular complexity index is 1210. The van der Waals surface area contributed by atoms with Crippen LogP contribution >= 0.6 is 11.8 Å². The number of hydrogen-bond acceptors (Lipinski definition) is 5. The lowest BCUT2D eigenvalue weighted by atomic mass is 9.86. The fourth-order valence-electron chi connectivity index (χ4n) is 4.58. The molecule has 0 spiro atoms. The van der Waals surface area contributed by atoms with Gasteiger partial charge in [-0.05, 0) is 74.9 Å². The summed E-state index contributed by atoms with van der Waals surface area (Å²) in [5, 5.41) is 2.94. The van der Waals surface area contributed by atoms with Crippen LogP contribution in [0.2, 0.25) is 0 Å². The van der Waals surface area contributed by atoms with Gasteiger partial charge in [0.25, 0.3) is 0 Å². The van der Waals surface area contributed by atoms with Crippen molar-refractivity contribution in [2.45, 2.75) is 41.9 Å². The van der Waals surface area contributed by atoms with Crippen molar-refractivity contribution < 1.29 is 18.0 Å². The number of thioether (sulfide) groups is 1. The number of hydrogen-bond donors (Lipinski definition) is 1. The van der Waals surface area contributed by atoms with Crippen LogP contribution in [0.4, 0.5) is 11.4 Å². The van der Waals surface area contributed by atoms with Gasteiger partial charge in [0.15, 0.2) is 0 Å². The number of nitrogens with zero attached hydrogens (tertiary/aromatic N) is 2. The molecule has 1 N–H and O–H groups in total. The predicted octanol–water partition coefficient (Wildman–Crippen LogP) is 3.70. The van der Waals surface area contributed by atoms with Crippen molar-refractivity contribution >= 4 is 45.0 Å². The zero-order valence-corrected chi connectivity index (χ0v) is 20.9. The SMILES string of the molecule is CSc1cccc(NC(=O)[C@@H]2CCCN(S(=O)(=O)c3ccc4c(c3)C(C)(C)C(=O)N4C)C2)c1. The Labute approximate surface area is 199 Å². The highest BCUT2D eigenvalue weighted by molar-refractivity contribution is 7.98. The first-order chi connectivity index (χ1) is 15.6. The minimum absolute atomic E-state index is 0.0627. The first kappa shape index (κ1) is 23.8. The van der Waals surface area contributed by atoms with Crippen molar-refractivity contribution in [1.82, 2.24) is 4.31 Å². The van der Waals surface area contributed by atoms with E-state index in [1.165, 1.54) is 4.31 Å². The number of anilines is 2. The Kier molecular flexibility index (Phi) is 6.32. The Morgan fingerprint density at radius 3 is 2.67 bits per heavy atom. The van der Waals surface area contributed by atoms with E-state index < -0.39 is 21.4 Å². The van der Waals surface area contributed by atoms with Gasteiger partial charge in [-0.25, -0.2) is 8.42 Å². The van der Waals surface area contributed by atoms with Crippen LogP contribution < -0.4 is 10.2 Å². The van der Waals surface area contributed by atoms with Gasteiger partial charge in [0.1, 0.15) is 0 Å². The number of piperidine rings is 1. The molecule has 0 bridgehead atoms. The van der Waals surface area contributed by atoms with Gasteiger partial charge < -0.3 is 10.2 Å². The summed E-state index contributed by atoms with van der Waals surface area (Å²) in [7, 11) is -2.10. The summed E-state index contributed by atoms with van der Waals surface area (Å²) in [5.74, 6) is -0.659. The number of rotatable bonds is 5. The maximum absolute atomic E-state index is 13.5. The van der Waals surface area contributed by atoms with Crippen molar-refractivity contribution in [3.05, 3.63) is 48.0 Å². The Balaban J connectivity index is 1.54. The molecule has 2 aliphatic heterocycles. The third-order valence-corrected chi connectivity index (χ3v) is 9.16. The highest BCUT2D eigenvalue weighted by atomic mass is 32.2. The molecule has 2 amide bonds. The van der Waals surface area contributed by atoms with Crippen molar-refractivity contribution in [1.29, 1.82) is 0 Å². The summed E-state index contributed by atoms with van der Waals surface area (Å²) in [4.78, 5) is 28.3. The van der Waals surface area contributed by atoms with Gasteiger partial charge in [-0.3, -0.25) is 9.59 Å². The van der Waals surface area contributed by atoms with E-state index in [0.29, 0.717) is 30.6 Å². The van der Waals surface area contributed by atoms with Crippen LogP contribution in [0, 0.1) is 5.92 Å². The van der Waals surface area contributed by atoms with E-state index in [9.17, 15) is 18.0 Å². The second-order valence-corrected chi connectivity index (χ2v) is 11.9. The van der Waals surface area contributed by atoms with Crippen molar-refractivity contribution in [2.24, 2.45) is 5.92 Å². The summed E-state index contributed by atoms with van der Waals surface area (Å²) in [6, 6.07) is 12.5. The largest absolute Gasteiger partial charge is 0.326 e. The van der Waals surface area contributed by atoms with Gasteiger partial charge in [-0.15, -0.1) is 11.8 Å². The minimum atomic E-state index is -3.80. The van der Waals surface area contributed by atoms with E-state index in [1.807, 2.05) is 30.5 Å². The molecular weight excluding hydrogens is 458 g/mol. The number of carbonyl (C=O) groups excluding carboxylic acids is 2. The second-order valence-electron chi connectivity index (χ2n) is 9.09. The van der Waals surface area contributed by atoms with Crippen LogP contribution in [0.5, 0.6) is 0 Å². The molecule has 1 atom stereocenters. The molecule has 9 heteroatoms. The summed E-state index contributed by atoms with van der Waals surface area (Å²) < 4.78 is 28.3. The molecule has 1 saturated heterocycles. The summed E-state index contributed by atoms with van der Waals surface area (Å²) in [6.07, 6.45) is 3.22. The fraction of sp³-hybridized carbons (Fsp3) is 0.417. The van der Waals surface area contributed by atoms with Gasteiger partial charge in [0.05, 0.1) is 16.2 Å². The Morgan fingerprint density at radius 1 is 1.18 bits per heavy atom. The first-order valence-electron chi connectivity index (χ1n) is 10.9. The molecule has 0 unspecified atom stereocenters. The standard InChI is InChI=1S/C24H29N3O4S2/c1-24(2)20-14-19(10-11-21(20)26(3)23(24)29)33(30,31)27-12-6-7-16(15-27)22(28)25-17-8-5-9-18(13-17)32-4/h5,8-11,13-14,16H,6-7,12,15H2,1-4H3,(H,25,28)/t16-/m1/s1. The lowest BCUT2D eigenvalue weighted by Gasteiger charge is -2.31. The number of fused-ring (bicyclic) bond motifs is 1. The molecule has 1 fully saturated rings. The monoisotopic (exact) mass is 487 g/mol. The van der Waals surface area contributed by atoms with Gasteiger partial charge in [0.2, 0.25) is 21.8 Å². The van der Waals surface area contributed by atoms with E-state index in [0.717, 1.165) is 10.6 Å².